The summed E-state index contributed by atoms with van der Waals surface area (Å²) in [6, 6.07) is 24.1. The molecule has 29 heavy (non-hydrogen) atoms. The first-order chi connectivity index (χ1) is 13.9. The van der Waals surface area contributed by atoms with E-state index in [2.05, 4.69) is 6.07 Å². The summed E-state index contributed by atoms with van der Waals surface area (Å²) in [5.74, 6) is 0. The van der Waals surface area contributed by atoms with E-state index in [0.29, 0.717) is 23.0 Å². The van der Waals surface area contributed by atoms with E-state index in [9.17, 15) is 8.42 Å². The Morgan fingerprint density at radius 2 is 1.45 bits per heavy atom. The highest BCUT2D eigenvalue weighted by molar-refractivity contribution is 7.89. The Morgan fingerprint density at radius 3 is 2.07 bits per heavy atom. The van der Waals surface area contributed by atoms with Gasteiger partial charge in [-0.05, 0) is 60.0 Å². The van der Waals surface area contributed by atoms with Crippen LogP contribution in [0.2, 0.25) is 10.0 Å². The van der Waals surface area contributed by atoms with Gasteiger partial charge in [0.1, 0.15) is 0 Å². The topological polar surface area (TPSA) is 37.4 Å². The number of rotatable bonds is 8. The Bertz CT molecular complexity index is 1050. The first kappa shape index (κ1) is 21.6. The van der Waals surface area contributed by atoms with E-state index in [1.165, 1.54) is 16.4 Å². The molecule has 0 aliphatic carbocycles. The molecule has 0 fully saturated rings. The molecule has 0 N–H and O–H groups in total. The maximum Gasteiger partial charge on any atom is 0.243 e. The van der Waals surface area contributed by atoms with E-state index in [1.54, 1.807) is 24.3 Å². The minimum absolute atomic E-state index is 0.225. The van der Waals surface area contributed by atoms with E-state index >= 15 is 0 Å². The lowest BCUT2D eigenvalue weighted by molar-refractivity contribution is 0.446. The molecule has 0 spiro atoms. The van der Waals surface area contributed by atoms with Crippen molar-refractivity contribution in [2.75, 3.05) is 13.1 Å². The van der Waals surface area contributed by atoms with Crippen molar-refractivity contribution in [1.29, 1.82) is 0 Å². The van der Waals surface area contributed by atoms with Crippen LogP contribution in [0.25, 0.3) is 6.08 Å². The summed E-state index contributed by atoms with van der Waals surface area (Å²) < 4.78 is 27.8. The average molecular weight is 445 g/mol. The quantitative estimate of drug-likeness (QED) is 0.444. The molecular weight excluding hydrogens is 425 g/mol. The van der Waals surface area contributed by atoms with Crippen LogP contribution in [-0.4, -0.2) is 25.8 Å². The summed E-state index contributed by atoms with van der Waals surface area (Å²) in [7, 11) is -3.65. The Hall–Kier alpha value is -2.11. The summed E-state index contributed by atoms with van der Waals surface area (Å²) in [5.41, 5.74) is 2.01. The highest BCUT2D eigenvalue weighted by atomic mass is 35.5. The van der Waals surface area contributed by atoms with Crippen LogP contribution in [0.4, 0.5) is 0 Å². The van der Waals surface area contributed by atoms with Gasteiger partial charge >= 0.3 is 0 Å². The summed E-state index contributed by atoms with van der Waals surface area (Å²) in [4.78, 5) is 0.225. The fourth-order valence-electron chi connectivity index (χ4n) is 2.79. The molecule has 0 bridgehead atoms. The van der Waals surface area contributed by atoms with Crippen LogP contribution < -0.4 is 0 Å². The number of sulfonamides is 1. The van der Waals surface area contributed by atoms with Gasteiger partial charge in [-0.1, -0.05) is 71.8 Å². The molecule has 3 rings (SSSR count). The molecule has 0 unspecified atom stereocenters. The molecule has 3 aromatic carbocycles. The minimum atomic E-state index is -3.65. The normalized spacial score (nSPS) is 12.0. The van der Waals surface area contributed by atoms with Crippen LogP contribution in [0.5, 0.6) is 0 Å². The molecule has 0 aromatic heterocycles. The third-order valence-corrected chi connectivity index (χ3v) is 6.76. The van der Waals surface area contributed by atoms with Gasteiger partial charge in [0.25, 0.3) is 0 Å². The van der Waals surface area contributed by atoms with Crippen molar-refractivity contribution < 1.29 is 8.42 Å². The Kier molecular flexibility index (Phi) is 7.51. The molecule has 0 atom stereocenters. The Balaban J connectivity index is 1.80. The standard InChI is InChI=1S/C23H20Cl2NO2S/c24-21-10-8-20(9-11-21)7-4-17-26(18-16-19-5-2-1-3-6-19)29(27,28)23-14-12-22(25)13-15-23/h2-15H,16-18H2/b7-4+. The third-order valence-electron chi connectivity index (χ3n) is 4.38. The highest BCUT2D eigenvalue weighted by Crippen LogP contribution is 2.19. The smallest absolute Gasteiger partial charge is 0.207 e. The zero-order valence-corrected chi connectivity index (χ0v) is 18.0. The molecule has 3 aromatic rings. The summed E-state index contributed by atoms with van der Waals surface area (Å²) in [5, 5.41) is 1.16. The molecule has 149 valence electrons. The molecule has 0 aliphatic rings. The van der Waals surface area contributed by atoms with Crippen LogP contribution in [0, 0.1) is 6.07 Å². The average Bonchev–Trinajstić information content (AvgIpc) is 2.73. The summed E-state index contributed by atoms with van der Waals surface area (Å²) in [6.45, 7) is 0.618. The van der Waals surface area contributed by atoms with Crippen LogP contribution in [0.3, 0.4) is 0 Å². The van der Waals surface area contributed by atoms with Gasteiger partial charge < -0.3 is 0 Å². The molecule has 3 nitrogen and oxygen atoms in total. The third kappa shape index (κ3) is 6.18. The van der Waals surface area contributed by atoms with Gasteiger partial charge in [0.2, 0.25) is 10.0 Å². The fourth-order valence-corrected chi connectivity index (χ4v) is 4.43. The number of hydrogen-bond donors (Lipinski definition) is 0. The van der Waals surface area contributed by atoms with E-state index < -0.39 is 10.0 Å². The van der Waals surface area contributed by atoms with Gasteiger partial charge in [-0.2, -0.15) is 4.31 Å². The SMILES string of the molecule is O=S(=O)(c1ccc(Cl)cc1)N(C/C=C/c1ccc(Cl)cc1)CCc1cc[c]cc1. The van der Waals surface area contributed by atoms with E-state index in [0.717, 1.165) is 11.1 Å². The van der Waals surface area contributed by atoms with Crippen molar-refractivity contribution in [2.45, 2.75) is 11.3 Å². The van der Waals surface area contributed by atoms with Gasteiger partial charge in [-0.25, -0.2) is 8.42 Å². The predicted molar refractivity (Wildman–Crippen MR) is 120 cm³/mol. The van der Waals surface area contributed by atoms with Crippen LogP contribution in [-0.2, 0) is 16.4 Å². The largest absolute Gasteiger partial charge is 0.243 e. The van der Waals surface area contributed by atoms with Gasteiger partial charge in [0, 0.05) is 23.1 Å². The molecule has 0 amide bonds. The predicted octanol–water partition coefficient (Wildman–Crippen LogP) is 5.74. The lowest BCUT2D eigenvalue weighted by atomic mass is 10.1. The van der Waals surface area contributed by atoms with Crippen molar-refractivity contribution in [3.8, 4) is 0 Å². The second kappa shape index (κ2) is 10.1. The number of benzene rings is 3. The van der Waals surface area contributed by atoms with Crippen molar-refractivity contribution in [2.24, 2.45) is 0 Å². The summed E-state index contributed by atoms with van der Waals surface area (Å²) in [6.07, 6.45) is 4.34. The van der Waals surface area contributed by atoms with E-state index in [-0.39, 0.29) is 11.4 Å². The molecule has 0 heterocycles. The maximum atomic E-state index is 13.2. The number of hydrogen-bond acceptors (Lipinski definition) is 2. The molecule has 0 saturated heterocycles. The van der Waals surface area contributed by atoms with E-state index in [4.69, 9.17) is 23.2 Å². The molecular formula is C23H20Cl2NO2S. The fraction of sp³-hybridized carbons (Fsp3) is 0.130. The number of halogens is 2. The molecule has 0 aliphatic heterocycles. The van der Waals surface area contributed by atoms with Crippen LogP contribution in [0.1, 0.15) is 11.1 Å². The van der Waals surface area contributed by atoms with Crippen molar-refractivity contribution in [3.05, 3.63) is 106 Å². The first-order valence-electron chi connectivity index (χ1n) is 9.08. The van der Waals surface area contributed by atoms with Crippen molar-refractivity contribution >= 4 is 39.3 Å². The van der Waals surface area contributed by atoms with E-state index in [1.807, 2.05) is 48.6 Å². The zero-order valence-electron chi connectivity index (χ0n) is 15.6. The summed E-state index contributed by atoms with van der Waals surface area (Å²) >= 11 is 11.8. The van der Waals surface area contributed by atoms with Crippen LogP contribution in [0.15, 0.2) is 83.8 Å². The zero-order chi connectivity index (χ0) is 20.7. The lowest BCUT2D eigenvalue weighted by Crippen LogP contribution is -2.33. The van der Waals surface area contributed by atoms with Gasteiger partial charge in [0.05, 0.1) is 4.90 Å². The Morgan fingerprint density at radius 1 is 0.862 bits per heavy atom. The Labute approximate surface area is 182 Å². The highest BCUT2D eigenvalue weighted by Gasteiger charge is 2.23. The van der Waals surface area contributed by atoms with Gasteiger partial charge in [-0.3, -0.25) is 0 Å². The molecule has 6 heteroatoms. The number of nitrogens with zero attached hydrogens (tertiary/aromatic N) is 1. The van der Waals surface area contributed by atoms with Crippen LogP contribution >= 0.6 is 23.2 Å². The van der Waals surface area contributed by atoms with Crippen molar-refractivity contribution in [1.82, 2.24) is 4.31 Å². The minimum Gasteiger partial charge on any atom is -0.207 e. The molecule has 1 radical (unpaired) electrons. The van der Waals surface area contributed by atoms with Crippen molar-refractivity contribution in [3.63, 3.8) is 0 Å². The van der Waals surface area contributed by atoms with Gasteiger partial charge in [-0.15, -0.1) is 0 Å². The first-order valence-corrected chi connectivity index (χ1v) is 11.3. The molecule has 0 saturated carbocycles. The monoisotopic (exact) mass is 444 g/mol. The second-order valence-corrected chi connectivity index (χ2v) is 9.24. The van der Waals surface area contributed by atoms with Gasteiger partial charge in [0.15, 0.2) is 0 Å². The lowest BCUT2D eigenvalue weighted by Gasteiger charge is -2.21. The second-order valence-electron chi connectivity index (χ2n) is 6.43. The maximum absolute atomic E-state index is 13.2.